The van der Waals surface area contributed by atoms with E-state index >= 15 is 0 Å². The Morgan fingerprint density at radius 2 is 1.94 bits per heavy atom. The second kappa shape index (κ2) is 6.28. The molecule has 0 radical (unpaired) electrons. The summed E-state index contributed by atoms with van der Waals surface area (Å²) in [6.45, 7) is 6.63. The van der Waals surface area contributed by atoms with Crippen molar-refractivity contribution in [1.82, 2.24) is 5.32 Å². The van der Waals surface area contributed by atoms with Gasteiger partial charge in [-0.25, -0.2) is 0 Å². The Labute approximate surface area is 96.8 Å². The van der Waals surface area contributed by atoms with E-state index in [9.17, 15) is 4.79 Å². The average molecular weight is 221 g/mol. The highest BCUT2D eigenvalue weighted by molar-refractivity contribution is 5.71. The Bertz CT molecular complexity index is 330. The van der Waals surface area contributed by atoms with Crippen LogP contribution in [0, 0.1) is 6.92 Å². The lowest BCUT2D eigenvalue weighted by Gasteiger charge is -2.08. The largest absolute Gasteiger partial charge is 0.460 e. The summed E-state index contributed by atoms with van der Waals surface area (Å²) in [6.07, 6.45) is 0. The fraction of sp³-hybridized carbons (Fsp3) is 0.462. The van der Waals surface area contributed by atoms with Crippen LogP contribution in [-0.2, 0) is 16.1 Å². The zero-order valence-electron chi connectivity index (χ0n) is 10.1. The first-order chi connectivity index (χ1) is 7.58. The third-order valence-electron chi connectivity index (χ3n) is 2.18. The van der Waals surface area contributed by atoms with E-state index < -0.39 is 0 Å². The van der Waals surface area contributed by atoms with Gasteiger partial charge in [0.1, 0.15) is 6.61 Å². The number of hydrogen-bond acceptors (Lipinski definition) is 3. The van der Waals surface area contributed by atoms with Crippen LogP contribution in [0.3, 0.4) is 0 Å². The fourth-order valence-electron chi connectivity index (χ4n) is 1.19. The standard InChI is InChI=1S/C13H19NO2/c1-10(2)14-8-13(15)16-9-12-6-4-11(3)5-7-12/h4-7,10,14H,8-9H2,1-3H3. The van der Waals surface area contributed by atoms with E-state index in [1.54, 1.807) is 0 Å². The Kier molecular flexibility index (Phi) is 4.99. The van der Waals surface area contributed by atoms with E-state index in [1.807, 2.05) is 45.0 Å². The van der Waals surface area contributed by atoms with Crippen LogP contribution in [-0.4, -0.2) is 18.6 Å². The van der Waals surface area contributed by atoms with Crippen LogP contribution in [0.25, 0.3) is 0 Å². The zero-order valence-corrected chi connectivity index (χ0v) is 10.1. The number of rotatable bonds is 5. The molecule has 0 amide bonds. The highest BCUT2D eigenvalue weighted by Gasteiger charge is 2.03. The minimum absolute atomic E-state index is 0.214. The molecule has 0 atom stereocenters. The van der Waals surface area contributed by atoms with Gasteiger partial charge in [-0.3, -0.25) is 4.79 Å². The summed E-state index contributed by atoms with van der Waals surface area (Å²) < 4.78 is 5.12. The normalized spacial score (nSPS) is 10.5. The highest BCUT2D eigenvalue weighted by atomic mass is 16.5. The predicted molar refractivity (Wildman–Crippen MR) is 64.1 cm³/mol. The first kappa shape index (κ1) is 12.7. The summed E-state index contributed by atoms with van der Waals surface area (Å²) in [7, 11) is 0. The number of benzene rings is 1. The van der Waals surface area contributed by atoms with Gasteiger partial charge in [0.25, 0.3) is 0 Å². The van der Waals surface area contributed by atoms with Crippen molar-refractivity contribution in [3.63, 3.8) is 0 Å². The minimum Gasteiger partial charge on any atom is -0.460 e. The van der Waals surface area contributed by atoms with Crippen molar-refractivity contribution in [2.75, 3.05) is 6.54 Å². The van der Waals surface area contributed by atoms with E-state index in [0.717, 1.165) is 5.56 Å². The Morgan fingerprint density at radius 3 is 2.50 bits per heavy atom. The molecule has 0 saturated carbocycles. The maximum absolute atomic E-state index is 11.3. The van der Waals surface area contributed by atoms with Crippen LogP contribution in [0.15, 0.2) is 24.3 Å². The summed E-state index contributed by atoms with van der Waals surface area (Å²) in [5, 5.41) is 3.02. The number of esters is 1. The van der Waals surface area contributed by atoms with Gasteiger partial charge in [0.2, 0.25) is 0 Å². The first-order valence-electron chi connectivity index (χ1n) is 5.52. The lowest BCUT2D eigenvalue weighted by Crippen LogP contribution is -2.30. The molecular formula is C13H19NO2. The Balaban J connectivity index is 2.29. The molecule has 0 aliphatic rings. The van der Waals surface area contributed by atoms with Crippen LogP contribution in [0.4, 0.5) is 0 Å². The van der Waals surface area contributed by atoms with Crippen molar-refractivity contribution in [2.24, 2.45) is 0 Å². The van der Waals surface area contributed by atoms with Gasteiger partial charge in [-0.05, 0) is 12.5 Å². The highest BCUT2D eigenvalue weighted by Crippen LogP contribution is 2.04. The zero-order chi connectivity index (χ0) is 12.0. The predicted octanol–water partition coefficient (Wildman–Crippen LogP) is 2.04. The third-order valence-corrected chi connectivity index (χ3v) is 2.18. The Morgan fingerprint density at radius 1 is 1.31 bits per heavy atom. The van der Waals surface area contributed by atoms with Gasteiger partial charge in [-0.1, -0.05) is 43.7 Å². The molecule has 1 aromatic rings. The van der Waals surface area contributed by atoms with E-state index in [0.29, 0.717) is 12.6 Å². The van der Waals surface area contributed by atoms with Crippen molar-refractivity contribution < 1.29 is 9.53 Å². The molecule has 0 unspecified atom stereocenters. The smallest absolute Gasteiger partial charge is 0.320 e. The summed E-state index contributed by atoms with van der Waals surface area (Å²) >= 11 is 0. The maximum atomic E-state index is 11.3. The average Bonchev–Trinajstić information content (AvgIpc) is 2.25. The SMILES string of the molecule is Cc1ccc(COC(=O)CNC(C)C)cc1. The van der Waals surface area contributed by atoms with E-state index in [2.05, 4.69) is 5.32 Å². The van der Waals surface area contributed by atoms with Crippen molar-refractivity contribution in [1.29, 1.82) is 0 Å². The lowest BCUT2D eigenvalue weighted by molar-refractivity contribution is -0.143. The van der Waals surface area contributed by atoms with Crippen molar-refractivity contribution >= 4 is 5.97 Å². The van der Waals surface area contributed by atoms with Gasteiger partial charge in [-0.15, -0.1) is 0 Å². The van der Waals surface area contributed by atoms with Crippen LogP contribution in [0.2, 0.25) is 0 Å². The molecule has 0 aliphatic heterocycles. The van der Waals surface area contributed by atoms with Gasteiger partial charge >= 0.3 is 5.97 Å². The van der Waals surface area contributed by atoms with Crippen molar-refractivity contribution in [3.8, 4) is 0 Å². The number of aryl methyl sites for hydroxylation is 1. The molecule has 16 heavy (non-hydrogen) atoms. The van der Waals surface area contributed by atoms with E-state index in [1.165, 1.54) is 5.56 Å². The monoisotopic (exact) mass is 221 g/mol. The molecule has 88 valence electrons. The first-order valence-corrected chi connectivity index (χ1v) is 5.52. The van der Waals surface area contributed by atoms with Crippen LogP contribution >= 0.6 is 0 Å². The van der Waals surface area contributed by atoms with Crippen LogP contribution in [0.5, 0.6) is 0 Å². The number of nitrogens with one attached hydrogen (secondary N) is 1. The maximum Gasteiger partial charge on any atom is 0.320 e. The topological polar surface area (TPSA) is 38.3 Å². The summed E-state index contributed by atoms with van der Waals surface area (Å²) in [6, 6.07) is 8.26. The number of hydrogen-bond donors (Lipinski definition) is 1. The summed E-state index contributed by atoms with van der Waals surface area (Å²) in [5.74, 6) is -0.214. The second-order valence-corrected chi connectivity index (χ2v) is 4.18. The van der Waals surface area contributed by atoms with Crippen molar-refractivity contribution in [3.05, 3.63) is 35.4 Å². The molecule has 0 aliphatic carbocycles. The molecule has 3 nitrogen and oxygen atoms in total. The minimum atomic E-state index is -0.214. The molecule has 3 heteroatoms. The van der Waals surface area contributed by atoms with Gasteiger partial charge in [0.15, 0.2) is 0 Å². The van der Waals surface area contributed by atoms with Gasteiger partial charge in [-0.2, -0.15) is 0 Å². The Hall–Kier alpha value is -1.35. The van der Waals surface area contributed by atoms with E-state index in [4.69, 9.17) is 4.74 Å². The molecule has 0 heterocycles. The molecular weight excluding hydrogens is 202 g/mol. The quantitative estimate of drug-likeness (QED) is 0.773. The third kappa shape index (κ3) is 4.94. The second-order valence-electron chi connectivity index (χ2n) is 4.18. The van der Waals surface area contributed by atoms with Crippen LogP contribution in [0.1, 0.15) is 25.0 Å². The lowest BCUT2D eigenvalue weighted by atomic mass is 10.2. The van der Waals surface area contributed by atoms with Gasteiger partial charge < -0.3 is 10.1 Å². The van der Waals surface area contributed by atoms with Crippen LogP contribution < -0.4 is 5.32 Å². The fourth-order valence-corrected chi connectivity index (χ4v) is 1.19. The summed E-state index contributed by atoms with van der Waals surface area (Å²) in [5.41, 5.74) is 2.22. The number of carbonyl (C=O) groups is 1. The molecule has 1 aromatic carbocycles. The molecule has 0 fully saturated rings. The molecule has 0 spiro atoms. The number of ether oxygens (including phenoxy) is 1. The van der Waals surface area contributed by atoms with E-state index in [-0.39, 0.29) is 12.5 Å². The molecule has 1 N–H and O–H groups in total. The summed E-state index contributed by atoms with van der Waals surface area (Å²) in [4.78, 5) is 11.3. The molecule has 0 bridgehead atoms. The van der Waals surface area contributed by atoms with Crippen molar-refractivity contribution in [2.45, 2.75) is 33.4 Å². The molecule has 0 aromatic heterocycles. The van der Waals surface area contributed by atoms with Gasteiger partial charge in [0, 0.05) is 6.04 Å². The van der Waals surface area contributed by atoms with Gasteiger partial charge in [0.05, 0.1) is 6.54 Å². The number of carbonyl (C=O) groups excluding carboxylic acids is 1. The molecule has 1 rings (SSSR count). The molecule has 0 saturated heterocycles.